The zero-order chi connectivity index (χ0) is 27.5. The lowest BCUT2D eigenvalue weighted by molar-refractivity contribution is -0.129. The third-order valence-electron chi connectivity index (χ3n) is 5.95. The number of ether oxygens (including phenoxy) is 2. The van der Waals surface area contributed by atoms with Gasteiger partial charge in [-0.1, -0.05) is 59.8 Å². The van der Waals surface area contributed by atoms with Crippen molar-refractivity contribution < 1.29 is 14.3 Å². The summed E-state index contributed by atoms with van der Waals surface area (Å²) in [5.41, 5.74) is 2.22. The molecule has 0 aliphatic heterocycles. The molecule has 0 aliphatic carbocycles. The predicted octanol–water partition coefficient (Wildman–Crippen LogP) is 4.51. The summed E-state index contributed by atoms with van der Waals surface area (Å²) in [7, 11) is 9.22. The second-order valence-electron chi connectivity index (χ2n) is 9.09. The maximum atomic E-state index is 13.2. The first-order chi connectivity index (χ1) is 18.3. The first-order valence-corrected chi connectivity index (χ1v) is 13.7. The van der Waals surface area contributed by atoms with Crippen molar-refractivity contribution in [3.63, 3.8) is 0 Å². The summed E-state index contributed by atoms with van der Waals surface area (Å²) in [4.78, 5) is 28.1. The average molecular weight is 558 g/mol. The minimum Gasteiger partial charge on any atom is -0.493 e. The largest absolute Gasteiger partial charge is 0.493 e. The molecular formula is C28H36ClN5O3S. The third-order valence-corrected chi connectivity index (χ3v) is 6.97. The van der Waals surface area contributed by atoms with Gasteiger partial charge in [0.25, 0.3) is 0 Å². The molecule has 38 heavy (non-hydrogen) atoms. The highest BCUT2D eigenvalue weighted by molar-refractivity contribution is 7.99. The molecule has 10 heteroatoms. The monoisotopic (exact) mass is 557 g/mol. The van der Waals surface area contributed by atoms with Crippen molar-refractivity contribution in [2.75, 3.05) is 65.6 Å². The molecule has 1 amide bonds. The molecule has 0 saturated heterocycles. The van der Waals surface area contributed by atoms with Gasteiger partial charge in [0.2, 0.25) is 5.91 Å². The number of amides is 1. The van der Waals surface area contributed by atoms with Crippen molar-refractivity contribution in [1.29, 1.82) is 0 Å². The standard InChI is InChI=1S/C28H36ClN5O3S/c1-32(2)15-16-34(19-22-9-7-6-8-10-22)27(35)20-38-28-30-25(29)18-26(31-28)33(3)14-13-21-11-12-23(36-4)24(17-21)37-5/h6-12,17-18H,13-16,19-20H2,1-5H3. The maximum Gasteiger partial charge on any atom is 0.233 e. The molecule has 0 N–H and O–H groups in total. The van der Waals surface area contributed by atoms with E-state index in [2.05, 4.69) is 14.9 Å². The van der Waals surface area contributed by atoms with Crippen LogP contribution in [0.3, 0.4) is 0 Å². The zero-order valence-corrected chi connectivity index (χ0v) is 24.3. The van der Waals surface area contributed by atoms with E-state index in [4.69, 9.17) is 21.1 Å². The molecule has 2 aromatic carbocycles. The van der Waals surface area contributed by atoms with E-state index in [0.29, 0.717) is 47.3 Å². The van der Waals surface area contributed by atoms with E-state index in [1.165, 1.54) is 11.8 Å². The molecule has 3 rings (SSSR count). The number of hydrogen-bond donors (Lipinski definition) is 0. The topological polar surface area (TPSA) is 71.0 Å². The Morgan fingerprint density at radius 3 is 2.32 bits per heavy atom. The van der Waals surface area contributed by atoms with Gasteiger partial charge in [0, 0.05) is 39.3 Å². The summed E-state index contributed by atoms with van der Waals surface area (Å²) < 4.78 is 10.7. The van der Waals surface area contributed by atoms with Gasteiger partial charge in [-0.3, -0.25) is 4.79 Å². The Kier molecular flexibility index (Phi) is 11.5. The van der Waals surface area contributed by atoms with Crippen LogP contribution in [-0.4, -0.2) is 86.4 Å². The molecule has 0 atom stereocenters. The van der Waals surface area contributed by atoms with Crippen molar-refractivity contribution in [3.8, 4) is 11.5 Å². The minimum absolute atomic E-state index is 0.0348. The van der Waals surface area contributed by atoms with Crippen LogP contribution < -0.4 is 14.4 Å². The predicted molar refractivity (Wildman–Crippen MR) is 155 cm³/mol. The van der Waals surface area contributed by atoms with Gasteiger partial charge >= 0.3 is 0 Å². The van der Waals surface area contributed by atoms with E-state index < -0.39 is 0 Å². The van der Waals surface area contributed by atoms with Gasteiger partial charge < -0.3 is 24.2 Å². The van der Waals surface area contributed by atoms with Gasteiger partial charge in [0.05, 0.1) is 20.0 Å². The Morgan fingerprint density at radius 2 is 1.63 bits per heavy atom. The van der Waals surface area contributed by atoms with Crippen molar-refractivity contribution in [3.05, 3.63) is 70.9 Å². The number of benzene rings is 2. The smallest absolute Gasteiger partial charge is 0.233 e. The Balaban J connectivity index is 1.62. The molecule has 0 aliphatic rings. The highest BCUT2D eigenvalue weighted by Gasteiger charge is 2.17. The van der Waals surface area contributed by atoms with Gasteiger partial charge in [0.1, 0.15) is 11.0 Å². The lowest BCUT2D eigenvalue weighted by atomic mass is 10.1. The van der Waals surface area contributed by atoms with Crippen molar-refractivity contribution >= 4 is 35.1 Å². The van der Waals surface area contributed by atoms with E-state index >= 15 is 0 Å². The summed E-state index contributed by atoms with van der Waals surface area (Å²) in [5.74, 6) is 2.37. The molecule has 3 aromatic rings. The Morgan fingerprint density at radius 1 is 0.895 bits per heavy atom. The number of likely N-dealkylation sites (N-methyl/N-ethyl adjacent to an activating group) is 2. The number of anilines is 1. The summed E-state index contributed by atoms with van der Waals surface area (Å²) in [6, 6.07) is 17.7. The number of methoxy groups -OCH3 is 2. The molecule has 0 unspecified atom stereocenters. The highest BCUT2D eigenvalue weighted by atomic mass is 35.5. The molecule has 8 nitrogen and oxygen atoms in total. The second kappa shape index (κ2) is 14.8. The molecule has 0 saturated carbocycles. The number of halogens is 1. The van der Waals surface area contributed by atoms with Crippen LogP contribution in [0.15, 0.2) is 59.8 Å². The van der Waals surface area contributed by atoms with Crippen molar-refractivity contribution in [2.24, 2.45) is 0 Å². The SMILES string of the molecule is COc1ccc(CCN(C)c2cc(Cl)nc(SCC(=O)N(CCN(C)C)Cc3ccccc3)n2)cc1OC. The lowest BCUT2D eigenvalue weighted by Gasteiger charge is -2.24. The van der Waals surface area contributed by atoms with Crippen LogP contribution in [0.5, 0.6) is 11.5 Å². The number of aromatic nitrogens is 2. The van der Waals surface area contributed by atoms with Crippen LogP contribution >= 0.6 is 23.4 Å². The molecule has 0 radical (unpaired) electrons. The first kappa shape index (κ1) is 29.5. The van der Waals surface area contributed by atoms with Gasteiger partial charge in [-0.2, -0.15) is 0 Å². The number of rotatable bonds is 14. The molecule has 1 heterocycles. The van der Waals surface area contributed by atoms with Gasteiger partial charge in [0.15, 0.2) is 16.7 Å². The van der Waals surface area contributed by atoms with Gasteiger partial charge in [-0.15, -0.1) is 0 Å². The second-order valence-corrected chi connectivity index (χ2v) is 10.4. The van der Waals surface area contributed by atoms with E-state index in [-0.39, 0.29) is 11.7 Å². The highest BCUT2D eigenvalue weighted by Crippen LogP contribution is 2.28. The van der Waals surface area contributed by atoms with Crippen LogP contribution in [0.1, 0.15) is 11.1 Å². The Bertz CT molecular complexity index is 1180. The van der Waals surface area contributed by atoms with Crippen LogP contribution in [0.4, 0.5) is 5.82 Å². The maximum absolute atomic E-state index is 13.2. The van der Waals surface area contributed by atoms with Crippen LogP contribution in [0.2, 0.25) is 5.15 Å². The number of nitrogens with zero attached hydrogens (tertiary/aromatic N) is 5. The summed E-state index contributed by atoms with van der Waals surface area (Å²) in [5, 5.41) is 0.822. The first-order valence-electron chi connectivity index (χ1n) is 12.3. The van der Waals surface area contributed by atoms with E-state index in [9.17, 15) is 4.79 Å². The summed E-state index contributed by atoms with van der Waals surface area (Å²) in [6.45, 7) is 2.70. The Hall–Kier alpha value is -3.01. The van der Waals surface area contributed by atoms with Crippen molar-refractivity contribution in [2.45, 2.75) is 18.1 Å². The average Bonchev–Trinajstić information content (AvgIpc) is 2.92. The molecular weight excluding hydrogens is 522 g/mol. The fourth-order valence-electron chi connectivity index (χ4n) is 3.73. The third kappa shape index (κ3) is 9.08. The number of carbonyl (C=O) groups excluding carboxylic acids is 1. The van der Waals surface area contributed by atoms with Gasteiger partial charge in [-0.25, -0.2) is 9.97 Å². The van der Waals surface area contributed by atoms with Crippen LogP contribution in [0, 0.1) is 0 Å². The quantitative estimate of drug-likeness (QED) is 0.163. The van der Waals surface area contributed by atoms with Gasteiger partial charge in [-0.05, 0) is 43.8 Å². The summed E-state index contributed by atoms with van der Waals surface area (Å²) in [6.07, 6.45) is 0.778. The molecule has 0 spiro atoms. The fourth-order valence-corrected chi connectivity index (χ4v) is 4.71. The number of hydrogen-bond acceptors (Lipinski definition) is 8. The fraction of sp³-hybridized carbons (Fsp3) is 0.393. The van der Waals surface area contributed by atoms with E-state index in [1.54, 1.807) is 20.3 Å². The molecule has 0 fully saturated rings. The molecule has 1 aromatic heterocycles. The summed E-state index contributed by atoms with van der Waals surface area (Å²) >= 11 is 7.63. The van der Waals surface area contributed by atoms with E-state index in [0.717, 1.165) is 24.1 Å². The number of thioether (sulfide) groups is 1. The molecule has 204 valence electrons. The normalized spacial score (nSPS) is 10.9. The molecule has 0 bridgehead atoms. The zero-order valence-electron chi connectivity index (χ0n) is 22.7. The van der Waals surface area contributed by atoms with Crippen molar-refractivity contribution in [1.82, 2.24) is 19.8 Å². The Labute approximate surface area is 234 Å². The van der Waals surface area contributed by atoms with Crippen LogP contribution in [0.25, 0.3) is 0 Å². The number of carbonyl (C=O) groups is 1. The minimum atomic E-state index is 0.0348. The van der Waals surface area contributed by atoms with E-state index in [1.807, 2.05) is 79.5 Å². The van der Waals surface area contributed by atoms with Crippen LogP contribution in [-0.2, 0) is 17.8 Å². The lowest BCUT2D eigenvalue weighted by Crippen LogP contribution is -2.37.